The molecule has 3 heterocycles. The first kappa shape index (κ1) is 18.7. The predicted molar refractivity (Wildman–Crippen MR) is 105 cm³/mol. The largest absolute Gasteiger partial charge is 0.464 e. The van der Waals surface area contributed by atoms with Gasteiger partial charge in [-0.05, 0) is 31.0 Å². The van der Waals surface area contributed by atoms with Gasteiger partial charge in [-0.25, -0.2) is 4.79 Å². The lowest BCUT2D eigenvalue weighted by atomic mass is 10.0. The maximum absolute atomic E-state index is 12.5. The number of furan rings is 1. The van der Waals surface area contributed by atoms with Crippen LogP contribution in [0.3, 0.4) is 0 Å². The Hall–Kier alpha value is -2.64. The van der Waals surface area contributed by atoms with Gasteiger partial charge in [-0.1, -0.05) is 0 Å². The molecule has 2 N–H and O–H groups in total. The van der Waals surface area contributed by atoms with Crippen molar-refractivity contribution in [2.24, 2.45) is 0 Å². The zero-order chi connectivity index (χ0) is 19.7. The molecule has 1 amide bonds. The smallest absolute Gasteiger partial charge is 0.340 e. The quantitative estimate of drug-likeness (QED) is 0.633. The molecule has 28 heavy (non-hydrogen) atoms. The van der Waals surface area contributed by atoms with Crippen molar-refractivity contribution in [3.05, 3.63) is 45.5 Å². The summed E-state index contributed by atoms with van der Waals surface area (Å²) in [5, 5.41) is 4.73. The summed E-state index contributed by atoms with van der Waals surface area (Å²) in [4.78, 5) is 26.3. The van der Waals surface area contributed by atoms with E-state index in [9.17, 15) is 9.59 Å². The molecule has 0 bridgehead atoms. The molecule has 2 aromatic heterocycles. The Morgan fingerprint density at radius 1 is 1.14 bits per heavy atom. The van der Waals surface area contributed by atoms with Crippen LogP contribution >= 0.6 is 0 Å². The molecule has 0 radical (unpaired) electrons. The molecule has 0 unspecified atom stereocenters. The number of hydrogen-bond acceptors (Lipinski definition) is 5. The molecule has 4 rings (SSSR count). The summed E-state index contributed by atoms with van der Waals surface area (Å²) in [7, 11) is 0. The topological polar surface area (TPSA) is 86.1 Å². The molecule has 7 heteroatoms. The fourth-order valence-corrected chi connectivity index (χ4v) is 3.75. The van der Waals surface area contributed by atoms with Crippen LogP contribution in [0, 0.1) is 13.8 Å². The second kappa shape index (κ2) is 7.77. The first-order valence-corrected chi connectivity index (χ1v) is 9.65. The van der Waals surface area contributed by atoms with Gasteiger partial charge in [0.1, 0.15) is 24.3 Å². The summed E-state index contributed by atoms with van der Waals surface area (Å²) >= 11 is 0. The number of ether oxygens (including phenoxy) is 1. The lowest BCUT2D eigenvalue weighted by molar-refractivity contribution is -0.906. The van der Waals surface area contributed by atoms with Gasteiger partial charge in [-0.3, -0.25) is 4.79 Å². The van der Waals surface area contributed by atoms with Crippen molar-refractivity contribution in [1.29, 1.82) is 0 Å². The van der Waals surface area contributed by atoms with Crippen molar-refractivity contribution in [2.75, 3.05) is 39.4 Å². The highest BCUT2D eigenvalue weighted by molar-refractivity contribution is 5.96. The Balaban J connectivity index is 1.51. The summed E-state index contributed by atoms with van der Waals surface area (Å²) < 4.78 is 16.3. The molecule has 7 nitrogen and oxygen atoms in total. The summed E-state index contributed by atoms with van der Waals surface area (Å²) in [6, 6.07) is 3.70. The summed E-state index contributed by atoms with van der Waals surface area (Å²) in [5.74, 6) is -0.164. The third-order valence-electron chi connectivity index (χ3n) is 5.51. The van der Waals surface area contributed by atoms with Gasteiger partial charge in [0, 0.05) is 16.8 Å². The van der Waals surface area contributed by atoms with Crippen molar-refractivity contribution >= 4 is 27.8 Å². The number of rotatable bonds is 5. The maximum atomic E-state index is 12.5. The van der Waals surface area contributed by atoms with Crippen LogP contribution in [0.4, 0.5) is 0 Å². The standard InChI is InChI=1S/C21H24N2O5/c1-13-12-27-18-11-19-16(9-15(13)18)14(2)17(21(25)28-19)10-20(24)22-3-4-23-5-7-26-8-6-23/h9,11-12H,3-8,10H2,1-2H3,(H,22,24)/p+1. The van der Waals surface area contributed by atoms with Crippen molar-refractivity contribution in [2.45, 2.75) is 20.3 Å². The first-order chi connectivity index (χ1) is 13.5. The average Bonchev–Trinajstić information content (AvgIpc) is 3.05. The van der Waals surface area contributed by atoms with Crippen molar-refractivity contribution < 1.29 is 23.3 Å². The summed E-state index contributed by atoms with van der Waals surface area (Å²) in [5.41, 5.74) is 2.90. The SMILES string of the molecule is Cc1coc2cc3oc(=O)c(CC(=O)NCC[NH+]4CCOCC4)c(C)c3cc12. The monoisotopic (exact) mass is 385 g/mol. The Bertz CT molecular complexity index is 1080. The number of aryl methyl sites for hydroxylation is 2. The van der Waals surface area contributed by atoms with Gasteiger partial charge in [0.15, 0.2) is 0 Å². The van der Waals surface area contributed by atoms with E-state index in [1.807, 2.05) is 19.9 Å². The lowest BCUT2D eigenvalue weighted by Gasteiger charge is -2.23. The van der Waals surface area contributed by atoms with Crippen molar-refractivity contribution in [3.63, 3.8) is 0 Å². The van der Waals surface area contributed by atoms with Crippen LogP contribution in [0.25, 0.3) is 21.9 Å². The average molecular weight is 385 g/mol. The van der Waals surface area contributed by atoms with Crippen LogP contribution in [0.1, 0.15) is 16.7 Å². The second-order valence-electron chi connectivity index (χ2n) is 7.40. The van der Waals surface area contributed by atoms with Crippen LogP contribution < -0.4 is 15.8 Å². The third kappa shape index (κ3) is 3.68. The highest BCUT2D eigenvalue weighted by Crippen LogP contribution is 2.28. The number of hydrogen-bond donors (Lipinski definition) is 2. The second-order valence-corrected chi connectivity index (χ2v) is 7.40. The van der Waals surface area contributed by atoms with Crippen LogP contribution in [0.2, 0.25) is 0 Å². The molecular formula is C21H25N2O5+. The Labute approximate surface area is 162 Å². The summed E-state index contributed by atoms with van der Waals surface area (Å²) in [6.45, 7) is 8.74. The maximum Gasteiger partial charge on any atom is 0.340 e. The van der Waals surface area contributed by atoms with Gasteiger partial charge in [-0.2, -0.15) is 0 Å². The minimum Gasteiger partial charge on any atom is -0.464 e. The number of benzene rings is 1. The molecule has 1 aliphatic heterocycles. The minimum atomic E-state index is -0.471. The predicted octanol–water partition coefficient (Wildman–Crippen LogP) is 0.730. The molecule has 3 aromatic rings. The Kier molecular flexibility index (Phi) is 5.19. The van der Waals surface area contributed by atoms with Gasteiger partial charge < -0.3 is 23.8 Å². The first-order valence-electron chi connectivity index (χ1n) is 9.65. The molecule has 0 saturated carbocycles. The number of quaternary nitrogens is 1. The van der Waals surface area contributed by atoms with E-state index in [4.69, 9.17) is 13.6 Å². The molecule has 0 spiro atoms. The molecule has 1 aromatic carbocycles. The lowest BCUT2D eigenvalue weighted by Crippen LogP contribution is -3.14. The van der Waals surface area contributed by atoms with Gasteiger partial charge in [0.2, 0.25) is 5.91 Å². The van der Waals surface area contributed by atoms with Crippen LogP contribution in [0.5, 0.6) is 0 Å². The highest BCUT2D eigenvalue weighted by atomic mass is 16.5. The van der Waals surface area contributed by atoms with E-state index in [1.54, 1.807) is 12.3 Å². The van der Waals surface area contributed by atoms with E-state index in [0.29, 0.717) is 23.3 Å². The number of morpholine rings is 1. The molecular weight excluding hydrogens is 360 g/mol. The number of nitrogens with one attached hydrogen (secondary N) is 2. The molecule has 1 aliphatic rings. The highest BCUT2D eigenvalue weighted by Gasteiger charge is 2.18. The van der Waals surface area contributed by atoms with Crippen molar-refractivity contribution in [3.8, 4) is 0 Å². The van der Waals surface area contributed by atoms with Crippen molar-refractivity contribution in [1.82, 2.24) is 5.32 Å². The van der Waals surface area contributed by atoms with E-state index in [-0.39, 0.29) is 12.3 Å². The number of fused-ring (bicyclic) bond motifs is 2. The van der Waals surface area contributed by atoms with E-state index in [2.05, 4.69) is 5.32 Å². The molecule has 1 saturated heterocycles. The minimum absolute atomic E-state index is 0.0188. The Morgan fingerprint density at radius 2 is 1.93 bits per heavy atom. The van der Waals surface area contributed by atoms with E-state index in [0.717, 1.165) is 54.7 Å². The van der Waals surface area contributed by atoms with Gasteiger partial charge in [-0.15, -0.1) is 0 Å². The van der Waals surface area contributed by atoms with E-state index < -0.39 is 5.63 Å². The number of carbonyl (C=O) groups excluding carboxylic acids is 1. The zero-order valence-corrected chi connectivity index (χ0v) is 16.2. The van der Waals surface area contributed by atoms with Gasteiger partial charge in [0.25, 0.3) is 0 Å². The molecule has 148 valence electrons. The molecule has 0 aliphatic carbocycles. The fraction of sp³-hybridized carbons (Fsp3) is 0.429. The number of amides is 1. The molecule has 1 fully saturated rings. The normalized spacial score (nSPS) is 15.4. The third-order valence-corrected chi connectivity index (χ3v) is 5.51. The van der Waals surface area contributed by atoms with E-state index in [1.165, 1.54) is 4.90 Å². The van der Waals surface area contributed by atoms with Gasteiger partial charge in [0.05, 0.1) is 44.6 Å². The number of carbonyl (C=O) groups is 1. The fourth-order valence-electron chi connectivity index (χ4n) is 3.75. The summed E-state index contributed by atoms with van der Waals surface area (Å²) in [6.07, 6.45) is 1.70. The van der Waals surface area contributed by atoms with Crippen LogP contribution in [-0.2, 0) is 16.0 Å². The Morgan fingerprint density at radius 3 is 2.71 bits per heavy atom. The van der Waals surface area contributed by atoms with Crippen LogP contribution in [-0.4, -0.2) is 45.3 Å². The zero-order valence-electron chi connectivity index (χ0n) is 16.2. The van der Waals surface area contributed by atoms with Crippen LogP contribution in [0.15, 0.2) is 32.0 Å². The van der Waals surface area contributed by atoms with E-state index >= 15 is 0 Å². The van der Waals surface area contributed by atoms with Gasteiger partial charge >= 0.3 is 5.63 Å². The molecule has 0 atom stereocenters.